The molecule has 0 amide bonds. The number of hydrogen-bond acceptors (Lipinski definition) is 0. The maximum absolute atomic E-state index is 14.8. The first-order valence-corrected chi connectivity index (χ1v) is 12.0. The van der Waals surface area contributed by atoms with Crippen molar-refractivity contribution >= 4 is 0 Å². The van der Waals surface area contributed by atoms with Gasteiger partial charge in [0.05, 0.1) is 11.1 Å². The third-order valence-corrected chi connectivity index (χ3v) is 7.58. The fourth-order valence-corrected chi connectivity index (χ4v) is 5.75. The molecule has 0 saturated heterocycles. The van der Waals surface area contributed by atoms with Crippen molar-refractivity contribution in [3.05, 3.63) is 82.9 Å². The average Bonchev–Trinajstić information content (AvgIpc) is 2.80. The van der Waals surface area contributed by atoms with Gasteiger partial charge in [-0.1, -0.05) is 30.4 Å². The Hall–Kier alpha value is -2.61. The standard InChI is InChI=1S/C29H29F5/c1-2-3-4-19-6-9-23-17-24(13-12-22(23)15-19)25-11-10-21(27(30)18-25)8-5-20-7-14-26(28(31)16-20)29(32,33)34/h2,7,10-11,14,16,18-19,22-24H,1,3-4,6,9,12-13,15,17H2. The molecule has 0 nitrogen and oxygen atoms in total. The highest BCUT2D eigenvalue weighted by Gasteiger charge is 2.36. The van der Waals surface area contributed by atoms with Crippen LogP contribution >= 0.6 is 0 Å². The number of hydrogen-bond donors (Lipinski definition) is 0. The van der Waals surface area contributed by atoms with Gasteiger partial charge in [-0.15, -0.1) is 6.58 Å². The summed E-state index contributed by atoms with van der Waals surface area (Å²) in [4.78, 5) is 0. The third-order valence-electron chi connectivity index (χ3n) is 7.58. The zero-order valence-electron chi connectivity index (χ0n) is 19.1. The van der Waals surface area contributed by atoms with E-state index in [2.05, 4.69) is 18.4 Å². The van der Waals surface area contributed by atoms with Gasteiger partial charge in [-0.25, -0.2) is 8.78 Å². The summed E-state index contributed by atoms with van der Waals surface area (Å²) in [5, 5.41) is 0. The molecule has 2 aliphatic rings. The van der Waals surface area contributed by atoms with Crippen LogP contribution in [0.1, 0.15) is 79.5 Å². The van der Waals surface area contributed by atoms with E-state index in [1.165, 1.54) is 38.2 Å². The summed E-state index contributed by atoms with van der Waals surface area (Å²) >= 11 is 0. The first-order valence-electron chi connectivity index (χ1n) is 12.0. The Labute approximate surface area is 198 Å². The molecular formula is C29H29F5. The first-order chi connectivity index (χ1) is 16.2. The predicted molar refractivity (Wildman–Crippen MR) is 124 cm³/mol. The van der Waals surface area contributed by atoms with E-state index < -0.39 is 23.4 Å². The van der Waals surface area contributed by atoms with Crippen LogP contribution in [0.2, 0.25) is 0 Å². The van der Waals surface area contributed by atoms with Gasteiger partial charge in [-0.3, -0.25) is 0 Å². The second kappa shape index (κ2) is 10.3. The Morgan fingerprint density at radius 2 is 1.65 bits per heavy atom. The minimum absolute atomic E-state index is 0.0657. The van der Waals surface area contributed by atoms with Gasteiger partial charge in [-0.05, 0) is 105 Å². The lowest BCUT2D eigenvalue weighted by molar-refractivity contribution is -0.140. The largest absolute Gasteiger partial charge is 0.419 e. The molecule has 0 aromatic heterocycles. The van der Waals surface area contributed by atoms with Crippen molar-refractivity contribution in [3.8, 4) is 11.8 Å². The van der Waals surface area contributed by atoms with Crippen molar-refractivity contribution in [3.63, 3.8) is 0 Å². The number of allylic oxidation sites excluding steroid dienone is 1. The molecule has 5 heteroatoms. The van der Waals surface area contributed by atoms with E-state index in [9.17, 15) is 22.0 Å². The van der Waals surface area contributed by atoms with Gasteiger partial charge in [0.25, 0.3) is 0 Å². The fraction of sp³-hybridized carbons (Fsp3) is 0.448. The normalized spacial score (nSPS) is 24.6. The molecule has 0 aliphatic heterocycles. The summed E-state index contributed by atoms with van der Waals surface area (Å²) in [7, 11) is 0. The molecule has 2 fully saturated rings. The molecule has 180 valence electrons. The molecule has 4 rings (SSSR count). The van der Waals surface area contributed by atoms with E-state index in [1.807, 2.05) is 12.1 Å². The van der Waals surface area contributed by atoms with Crippen molar-refractivity contribution in [2.75, 3.05) is 0 Å². The van der Waals surface area contributed by atoms with Crippen LogP contribution in [-0.4, -0.2) is 0 Å². The SMILES string of the molecule is C=CCCC1CCC2CC(c3ccc(C#Cc4ccc(C(F)(F)F)c(F)c4)c(F)c3)CCC2C1. The van der Waals surface area contributed by atoms with E-state index in [0.29, 0.717) is 17.9 Å². The first kappa shape index (κ1) is 24.5. The Morgan fingerprint density at radius 1 is 0.882 bits per heavy atom. The maximum Gasteiger partial charge on any atom is 0.419 e. The lowest BCUT2D eigenvalue weighted by atomic mass is 9.63. The molecule has 0 radical (unpaired) electrons. The van der Waals surface area contributed by atoms with E-state index >= 15 is 0 Å². The van der Waals surface area contributed by atoms with Crippen molar-refractivity contribution in [2.24, 2.45) is 17.8 Å². The summed E-state index contributed by atoms with van der Waals surface area (Å²) in [6, 6.07) is 7.54. The minimum atomic E-state index is -4.76. The highest BCUT2D eigenvalue weighted by molar-refractivity contribution is 5.45. The Bertz CT molecular complexity index is 1090. The van der Waals surface area contributed by atoms with Crippen LogP contribution in [0, 0.1) is 41.2 Å². The molecule has 0 bridgehead atoms. The fourth-order valence-electron chi connectivity index (χ4n) is 5.75. The van der Waals surface area contributed by atoms with Crippen molar-refractivity contribution in [2.45, 2.75) is 63.5 Å². The number of halogens is 5. The summed E-state index contributed by atoms with van der Waals surface area (Å²) in [6.45, 7) is 3.83. The molecule has 34 heavy (non-hydrogen) atoms. The number of alkyl halides is 3. The molecule has 2 saturated carbocycles. The van der Waals surface area contributed by atoms with Gasteiger partial charge >= 0.3 is 6.18 Å². The minimum Gasteiger partial charge on any atom is -0.206 e. The van der Waals surface area contributed by atoms with Gasteiger partial charge in [-0.2, -0.15) is 13.2 Å². The summed E-state index contributed by atoms with van der Waals surface area (Å²) in [6.07, 6.45) is 6.74. The second-order valence-corrected chi connectivity index (χ2v) is 9.76. The predicted octanol–water partition coefficient (Wildman–Crippen LogP) is 8.65. The maximum atomic E-state index is 14.8. The molecule has 2 aliphatic carbocycles. The van der Waals surface area contributed by atoms with E-state index in [4.69, 9.17) is 0 Å². The highest BCUT2D eigenvalue weighted by Crippen LogP contribution is 2.48. The van der Waals surface area contributed by atoms with E-state index in [1.54, 1.807) is 6.07 Å². The van der Waals surface area contributed by atoms with Gasteiger partial charge in [0.1, 0.15) is 11.6 Å². The third kappa shape index (κ3) is 5.71. The molecule has 4 atom stereocenters. The quantitative estimate of drug-likeness (QED) is 0.237. The molecule has 0 heterocycles. The Kier molecular flexibility index (Phi) is 7.45. The number of rotatable bonds is 4. The molecule has 4 unspecified atom stereocenters. The zero-order valence-corrected chi connectivity index (χ0v) is 19.1. The van der Waals surface area contributed by atoms with Crippen LogP contribution in [-0.2, 0) is 6.18 Å². The molecular weight excluding hydrogens is 443 g/mol. The zero-order chi connectivity index (χ0) is 24.3. The van der Waals surface area contributed by atoms with Crippen molar-refractivity contribution in [1.29, 1.82) is 0 Å². The van der Waals surface area contributed by atoms with Gasteiger partial charge in [0.15, 0.2) is 0 Å². The van der Waals surface area contributed by atoms with E-state index in [0.717, 1.165) is 48.8 Å². The van der Waals surface area contributed by atoms with Gasteiger partial charge < -0.3 is 0 Å². The average molecular weight is 473 g/mol. The van der Waals surface area contributed by atoms with E-state index in [-0.39, 0.29) is 11.1 Å². The molecule has 0 spiro atoms. The number of benzene rings is 2. The van der Waals surface area contributed by atoms with Crippen molar-refractivity contribution in [1.82, 2.24) is 0 Å². The van der Waals surface area contributed by atoms with Crippen LogP contribution in [0.4, 0.5) is 22.0 Å². The summed E-state index contributed by atoms with van der Waals surface area (Å²) in [5.74, 6) is 5.99. The van der Waals surface area contributed by atoms with Crippen LogP contribution in [0.5, 0.6) is 0 Å². The lowest BCUT2D eigenvalue weighted by Crippen LogP contribution is -2.30. The molecule has 2 aromatic rings. The van der Waals surface area contributed by atoms with Crippen molar-refractivity contribution < 1.29 is 22.0 Å². The molecule has 2 aromatic carbocycles. The summed E-state index contributed by atoms with van der Waals surface area (Å²) in [5.41, 5.74) is -0.138. The van der Waals surface area contributed by atoms with Crippen LogP contribution in [0.25, 0.3) is 0 Å². The lowest BCUT2D eigenvalue weighted by Gasteiger charge is -2.42. The van der Waals surface area contributed by atoms with Gasteiger partial charge in [0.2, 0.25) is 0 Å². The highest BCUT2D eigenvalue weighted by atomic mass is 19.4. The Morgan fingerprint density at radius 3 is 2.35 bits per heavy atom. The second-order valence-electron chi connectivity index (χ2n) is 9.76. The molecule has 0 N–H and O–H groups in total. The number of fused-ring (bicyclic) bond motifs is 1. The Balaban J connectivity index is 1.41. The summed E-state index contributed by atoms with van der Waals surface area (Å²) < 4.78 is 66.6. The van der Waals surface area contributed by atoms with Crippen LogP contribution in [0.15, 0.2) is 49.1 Å². The monoisotopic (exact) mass is 472 g/mol. The van der Waals surface area contributed by atoms with Crippen LogP contribution < -0.4 is 0 Å². The topological polar surface area (TPSA) is 0 Å². The smallest absolute Gasteiger partial charge is 0.206 e. The van der Waals surface area contributed by atoms with Gasteiger partial charge in [0, 0.05) is 5.56 Å². The van der Waals surface area contributed by atoms with Crippen LogP contribution in [0.3, 0.4) is 0 Å².